The van der Waals surface area contributed by atoms with E-state index in [9.17, 15) is 9.59 Å². The quantitative estimate of drug-likeness (QED) is 0.556. The van der Waals surface area contributed by atoms with Crippen molar-refractivity contribution in [3.05, 3.63) is 77.0 Å². The lowest BCUT2D eigenvalue weighted by molar-refractivity contribution is -0.112. The summed E-state index contributed by atoms with van der Waals surface area (Å²) in [6.07, 6.45) is 1.34. The molecule has 2 aromatic carbocycles. The number of nitrogens with zero attached hydrogens (tertiary/aromatic N) is 1. The van der Waals surface area contributed by atoms with Crippen LogP contribution in [-0.2, 0) is 11.3 Å². The Morgan fingerprint density at radius 3 is 2.56 bits per heavy atom. The number of nitriles is 1. The smallest absolute Gasteiger partial charge is 0.335 e. The molecule has 2 aromatic rings. The molecule has 0 saturated carbocycles. The highest BCUT2D eigenvalue weighted by Crippen LogP contribution is 2.12. The summed E-state index contributed by atoms with van der Waals surface area (Å²) in [4.78, 5) is 23.1. The van der Waals surface area contributed by atoms with Crippen LogP contribution < -0.4 is 10.6 Å². The lowest BCUT2D eigenvalue weighted by atomic mass is 10.1. The highest BCUT2D eigenvalue weighted by Gasteiger charge is 2.10. The van der Waals surface area contributed by atoms with Gasteiger partial charge in [0.05, 0.1) is 5.56 Å². The minimum atomic E-state index is -1.09. The molecule has 0 aliphatic carbocycles. The number of hydrogen-bond acceptors (Lipinski definition) is 4. The van der Waals surface area contributed by atoms with E-state index in [1.54, 1.807) is 6.07 Å². The standard InChI is InChI=1S/C19H17N3O3/c1-13-5-7-14(8-6-13)11-21-12-16(10-20)18(23)22-17-4-2-3-15(9-17)19(24)25/h2-9,12,21H,11H2,1H3,(H,22,23)(H,24,25)/b16-12-. The van der Waals surface area contributed by atoms with E-state index < -0.39 is 11.9 Å². The van der Waals surface area contributed by atoms with Gasteiger partial charge in [-0.3, -0.25) is 4.79 Å². The Balaban J connectivity index is 2.00. The van der Waals surface area contributed by atoms with Gasteiger partial charge in [0.25, 0.3) is 5.91 Å². The maximum Gasteiger partial charge on any atom is 0.335 e. The number of nitrogens with one attached hydrogen (secondary N) is 2. The lowest BCUT2D eigenvalue weighted by Gasteiger charge is -2.06. The average molecular weight is 335 g/mol. The van der Waals surface area contributed by atoms with Crippen molar-refractivity contribution in [3.63, 3.8) is 0 Å². The van der Waals surface area contributed by atoms with Crippen molar-refractivity contribution in [2.75, 3.05) is 5.32 Å². The first-order chi connectivity index (χ1) is 12.0. The van der Waals surface area contributed by atoms with Crippen molar-refractivity contribution >= 4 is 17.6 Å². The minimum Gasteiger partial charge on any atom is -0.478 e. The molecule has 6 heteroatoms. The molecule has 0 spiro atoms. The molecule has 126 valence electrons. The summed E-state index contributed by atoms with van der Waals surface area (Å²) in [5.74, 6) is -1.70. The van der Waals surface area contributed by atoms with Gasteiger partial charge in [-0.15, -0.1) is 0 Å². The van der Waals surface area contributed by atoms with Crippen LogP contribution in [0.25, 0.3) is 0 Å². The van der Waals surface area contributed by atoms with Crippen molar-refractivity contribution in [2.24, 2.45) is 0 Å². The van der Waals surface area contributed by atoms with Gasteiger partial charge >= 0.3 is 5.97 Å². The number of carboxylic acids is 1. The highest BCUT2D eigenvalue weighted by molar-refractivity contribution is 6.06. The van der Waals surface area contributed by atoms with Crippen molar-refractivity contribution in [1.29, 1.82) is 5.26 Å². The third-order valence-corrected chi connectivity index (χ3v) is 3.41. The summed E-state index contributed by atoms with van der Waals surface area (Å²) in [5.41, 5.74) is 2.43. The predicted molar refractivity (Wildman–Crippen MR) is 93.7 cm³/mol. The maximum atomic E-state index is 12.1. The van der Waals surface area contributed by atoms with E-state index in [4.69, 9.17) is 10.4 Å². The first-order valence-corrected chi connectivity index (χ1v) is 7.53. The fourth-order valence-corrected chi connectivity index (χ4v) is 2.05. The number of hydrogen-bond donors (Lipinski definition) is 3. The minimum absolute atomic E-state index is 0.0535. The molecule has 0 unspecified atom stereocenters. The van der Waals surface area contributed by atoms with E-state index in [-0.39, 0.29) is 11.1 Å². The zero-order chi connectivity index (χ0) is 18.2. The second-order valence-electron chi connectivity index (χ2n) is 5.38. The van der Waals surface area contributed by atoms with Gasteiger partial charge in [0.1, 0.15) is 11.6 Å². The van der Waals surface area contributed by atoms with E-state index in [2.05, 4.69) is 10.6 Å². The number of amides is 1. The van der Waals surface area contributed by atoms with Crippen LogP contribution in [0.1, 0.15) is 21.5 Å². The number of carboxylic acid groups (broad SMARTS) is 1. The maximum absolute atomic E-state index is 12.1. The third kappa shape index (κ3) is 5.22. The molecule has 2 rings (SSSR count). The van der Waals surface area contributed by atoms with Crippen LogP contribution in [0.3, 0.4) is 0 Å². The average Bonchev–Trinajstić information content (AvgIpc) is 2.60. The molecule has 0 heterocycles. The summed E-state index contributed by atoms with van der Waals surface area (Å²) < 4.78 is 0. The van der Waals surface area contributed by atoms with E-state index in [0.29, 0.717) is 12.2 Å². The molecule has 0 aliphatic heterocycles. The first-order valence-electron chi connectivity index (χ1n) is 7.53. The SMILES string of the molecule is Cc1ccc(CN/C=C(/C#N)C(=O)Nc2cccc(C(=O)O)c2)cc1. The van der Waals surface area contributed by atoms with Crippen molar-refractivity contribution in [1.82, 2.24) is 5.32 Å². The summed E-state index contributed by atoms with van der Waals surface area (Å²) >= 11 is 0. The molecule has 0 bridgehead atoms. The molecule has 0 atom stereocenters. The topological polar surface area (TPSA) is 102 Å². The molecule has 0 aromatic heterocycles. The van der Waals surface area contributed by atoms with Crippen LogP contribution in [0.4, 0.5) is 5.69 Å². The van der Waals surface area contributed by atoms with Gasteiger partial charge in [-0.25, -0.2) is 4.79 Å². The summed E-state index contributed by atoms with van der Waals surface area (Å²) in [5, 5.41) is 23.5. The van der Waals surface area contributed by atoms with Gasteiger partial charge < -0.3 is 15.7 Å². The fourth-order valence-electron chi connectivity index (χ4n) is 2.05. The van der Waals surface area contributed by atoms with Crippen LogP contribution in [-0.4, -0.2) is 17.0 Å². The number of rotatable bonds is 6. The summed E-state index contributed by atoms with van der Waals surface area (Å²) in [6, 6.07) is 15.5. The normalized spacial score (nSPS) is 10.6. The number of aryl methyl sites for hydroxylation is 1. The molecular weight excluding hydrogens is 318 g/mol. The van der Waals surface area contributed by atoms with E-state index in [1.165, 1.54) is 24.4 Å². The van der Waals surface area contributed by atoms with Gasteiger partial charge in [-0.05, 0) is 30.7 Å². The van der Waals surface area contributed by atoms with Crippen LogP contribution >= 0.6 is 0 Å². The fraction of sp³-hybridized carbons (Fsp3) is 0.105. The number of benzene rings is 2. The Labute approximate surface area is 145 Å². The van der Waals surface area contributed by atoms with Gasteiger partial charge in [0, 0.05) is 18.4 Å². The molecule has 0 fully saturated rings. The summed E-state index contributed by atoms with van der Waals surface area (Å²) in [6.45, 7) is 2.47. The highest BCUT2D eigenvalue weighted by atomic mass is 16.4. The van der Waals surface area contributed by atoms with Gasteiger partial charge in [-0.1, -0.05) is 35.9 Å². The van der Waals surface area contributed by atoms with Crippen LogP contribution in [0.2, 0.25) is 0 Å². The lowest BCUT2D eigenvalue weighted by Crippen LogP contribution is -2.17. The summed E-state index contributed by atoms with van der Waals surface area (Å²) in [7, 11) is 0. The Morgan fingerprint density at radius 1 is 1.20 bits per heavy atom. The van der Waals surface area contributed by atoms with E-state index in [0.717, 1.165) is 11.1 Å². The molecule has 6 nitrogen and oxygen atoms in total. The van der Waals surface area contributed by atoms with Crippen LogP contribution in [0.5, 0.6) is 0 Å². The monoisotopic (exact) mass is 335 g/mol. The Kier molecular flexibility index (Phi) is 5.91. The largest absolute Gasteiger partial charge is 0.478 e. The molecule has 0 radical (unpaired) electrons. The molecule has 0 saturated heterocycles. The number of carbonyl (C=O) groups excluding carboxylic acids is 1. The van der Waals surface area contributed by atoms with E-state index >= 15 is 0 Å². The molecule has 3 N–H and O–H groups in total. The van der Waals surface area contributed by atoms with Gasteiger partial charge in [0.15, 0.2) is 0 Å². The van der Waals surface area contributed by atoms with Crippen molar-refractivity contribution in [2.45, 2.75) is 13.5 Å². The number of anilines is 1. The number of aromatic carboxylic acids is 1. The molecular formula is C19H17N3O3. The second kappa shape index (κ2) is 8.31. The van der Waals surface area contributed by atoms with Crippen molar-refractivity contribution < 1.29 is 14.7 Å². The zero-order valence-electron chi connectivity index (χ0n) is 13.6. The zero-order valence-corrected chi connectivity index (χ0v) is 13.6. The number of carbonyl (C=O) groups is 2. The first kappa shape index (κ1) is 17.8. The predicted octanol–water partition coefficient (Wildman–Crippen LogP) is 2.83. The second-order valence-corrected chi connectivity index (χ2v) is 5.38. The molecule has 1 amide bonds. The van der Waals surface area contributed by atoms with Gasteiger partial charge in [0.2, 0.25) is 0 Å². The Morgan fingerprint density at radius 2 is 1.92 bits per heavy atom. The third-order valence-electron chi connectivity index (χ3n) is 3.41. The van der Waals surface area contributed by atoms with E-state index in [1.807, 2.05) is 37.3 Å². The molecule has 0 aliphatic rings. The Hall–Kier alpha value is -3.59. The van der Waals surface area contributed by atoms with Gasteiger partial charge in [-0.2, -0.15) is 5.26 Å². The van der Waals surface area contributed by atoms with Crippen LogP contribution in [0, 0.1) is 18.3 Å². The van der Waals surface area contributed by atoms with Crippen molar-refractivity contribution in [3.8, 4) is 6.07 Å². The van der Waals surface area contributed by atoms with Crippen LogP contribution in [0.15, 0.2) is 60.3 Å². The Bertz CT molecular complexity index is 849. The molecule has 25 heavy (non-hydrogen) atoms.